The third-order valence-corrected chi connectivity index (χ3v) is 3.33. The number of aliphatic hydroxyl groups excluding tert-OH is 1. The van der Waals surface area contributed by atoms with Crippen LogP contribution in [0.2, 0.25) is 0 Å². The zero-order valence-corrected chi connectivity index (χ0v) is 10.6. The van der Waals surface area contributed by atoms with Gasteiger partial charge in [0.15, 0.2) is 0 Å². The molecule has 2 atom stereocenters. The number of ether oxygens (including phenoxy) is 1. The summed E-state index contributed by atoms with van der Waals surface area (Å²) in [7, 11) is 1.60. The van der Waals surface area contributed by atoms with Crippen LogP contribution in [-0.2, 0) is 0 Å². The van der Waals surface area contributed by atoms with Gasteiger partial charge in [-0.05, 0) is 49.9 Å². The molecular weight excluding hydrogens is 230 g/mol. The zero-order chi connectivity index (χ0) is 13.0. The van der Waals surface area contributed by atoms with E-state index in [9.17, 15) is 9.90 Å². The molecule has 1 aliphatic carbocycles. The Bertz CT molecular complexity index is 402. The molecule has 4 nitrogen and oxygen atoms in total. The van der Waals surface area contributed by atoms with Crippen LogP contribution in [0.5, 0.6) is 5.75 Å². The van der Waals surface area contributed by atoms with E-state index in [0.717, 1.165) is 25.0 Å². The molecule has 0 radical (unpaired) electrons. The van der Waals surface area contributed by atoms with Crippen molar-refractivity contribution in [2.24, 2.45) is 0 Å². The van der Waals surface area contributed by atoms with Crippen molar-refractivity contribution >= 4 is 5.91 Å². The van der Waals surface area contributed by atoms with E-state index < -0.39 is 0 Å². The van der Waals surface area contributed by atoms with E-state index in [4.69, 9.17) is 4.74 Å². The van der Waals surface area contributed by atoms with Gasteiger partial charge in [0.25, 0.3) is 5.91 Å². The van der Waals surface area contributed by atoms with Crippen molar-refractivity contribution < 1.29 is 14.6 Å². The summed E-state index contributed by atoms with van der Waals surface area (Å²) in [6, 6.07) is 7.11. The number of methoxy groups -OCH3 is 1. The maximum atomic E-state index is 12.0. The van der Waals surface area contributed by atoms with E-state index in [1.807, 2.05) is 0 Å². The fraction of sp³-hybridized carbons (Fsp3) is 0.500. The predicted octanol–water partition coefficient (Wildman–Crippen LogP) is 1.73. The Kier molecular flexibility index (Phi) is 4.20. The van der Waals surface area contributed by atoms with Crippen LogP contribution in [0.3, 0.4) is 0 Å². The van der Waals surface area contributed by atoms with Crippen molar-refractivity contribution in [3.63, 3.8) is 0 Å². The van der Waals surface area contributed by atoms with Gasteiger partial charge in [0.2, 0.25) is 0 Å². The summed E-state index contributed by atoms with van der Waals surface area (Å²) < 4.78 is 5.05. The maximum Gasteiger partial charge on any atom is 0.251 e. The minimum Gasteiger partial charge on any atom is -0.497 e. The van der Waals surface area contributed by atoms with Crippen molar-refractivity contribution in [1.29, 1.82) is 0 Å². The minimum atomic E-state index is -0.278. The molecule has 0 aromatic heterocycles. The highest BCUT2D eigenvalue weighted by atomic mass is 16.5. The topological polar surface area (TPSA) is 58.6 Å². The highest BCUT2D eigenvalue weighted by molar-refractivity contribution is 5.94. The number of nitrogens with one attached hydrogen (secondary N) is 1. The Balaban J connectivity index is 1.94. The zero-order valence-electron chi connectivity index (χ0n) is 10.6. The second kappa shape index (κ2) is 5.87. The molecule has 1 fully saturated rings. The first kappa shape index (κ1) is 12.9. The first-order valence-corrected chi connectivity index (χ1v) is 6.32. The first-order chi connectivity index (χ1) is 8.69. The molecule has 1 saturated carbocycles. The van der Waals surface area contributed by atoms with Gasteiger partial charge in [-0.15, -0.1) is 0 Å². The number of aliphatic hydroxyl groups is 1. The Labute approximate surface area is 107 Å². The lowest BCUT2D eigenvalue weighted by Crippen LogP contribution is -2.39. The van der Waals surface area contributed by atoms with Gasteiger partial charge in [-0.2, -0.15) is 0 Å². The Morgan fingerprint density at radius 3 is 2.67 bits per heavy atom. The molecule has 18 heavy (non-hydrogen) atoms. The molecule has 0 unspecified atom stereocenters. The summed E-state index contributed by atoms with van der Waals surface area (Å²) in [6.07, 6.45) is 3.13. The second-order valence-electron chi connectivity index (χ2n) is 4.72. The van der Waals surface area contributed by atoms with Gasteiger partial charge in [-0.25, -0.2) is 0 Å². The average molecular weight is 249 g/mol. The predicted molar refractivity (Wildman–Crippen MR) is 68.7 cm³/mol. The third-order valence-electron chi connectivity index (χ3n) is 3.33. The Hall–Kier alpha value is -1.55. The maximum absolute atomic E-state index is 12.0. The van der Waals surface area contributed by atoms with E-state index in [-0.39, 0.29) is 18.1 Å². The Morgan fingerprint density at radius 2 is 2.06 bits per heavy atom. The first-order valence-electron chi connectivity index (χ1n) is 6.32. The molecule has 0 heterocycles. The lowest BCUT2D eigenvalue weighted by molar-refractivity contribution is 0.0850. The van der Waals surface area contributed by atoms with Crippen LogP contribution in [0.15, 0.2) is 24.3 Å². The molecule has 0 saturated heterocycles. The van der Waals surface area contributed by atoms with Gasteiger partial charge >= 0.3 is 0 Å². The number of carbonyl (C=O) groups is 1. The van der Waals surface area contributed by atoms with Crippen LogP contribution in [-0.4, -0.2) is 30.3 Å². The molecule has 1 aliphatic rings. The number of carbonyl (C=O) groups excluding carboxylic acids is 1. The molecule has 1 amide bonds. The summed E-state index contributed by atoms with van der Waals surface area (Å²) in [4.78, 5) is 12.0. The second-order valence-corrected chi connectivity index (χ2v) is 4.72. The van der Waals surface area contributed by atoms with E-state index >= 15 is 0 Å². The molecule has 2 N–H and O–H groups in total. The molecular formula is C14H19NO3. The molecule has 0 aliphatic heterocycles. The summed E-state index contributed by atoms with van der Waals surface area (Å²) >= 11 is 0. The van der Waals surface area contributed by atoms with Crippen molar-refractivity contribution in [3.8, 4) is 5.75 Å². The molecule has 0 bridgehead atoms. The number of benzene rings is 1. The number of hydrogen-bond acceptors (Lipinski definition) is 3. The number of hydrogen-bond donors (Lipinski definition) is 2. The van der Waals surface area contributed by atoms with Crippen molar-refractivity contribution in [1.82, 2.24) is 5.32 Å². The summed E-state index contributed by atoms with van der Waals surface area (Å²) in [5.41, 5.74) is 0.621. The monoisotopic (exact) mass is 249 g/mol. The molecule has 0 spiro atoms. The fourth-order valence-electron chi connectivity index (χ4n) is 2.31. The lowest BCUT2D eigenvalue weighted by atomic mass is 9.93. The summed E-state index contributed by atoms with van der Waals surface area (Å²) in [5, 5.41) is 12.5. The SMILES string of the molecule is COc1ccc(C(=O)N[C@@H]2CCC[C@H](O)C2)cc1. The molecule has 4 heteroatoms. The molecule has 1 aromatic carbocycles. The van der Waals surface area contributed by atoms with Crippen molar-refractivity contribution in [2.75, 3.05) is 7.11 Å². The normalized spacial score (nSPS) is 23.4. The molecule has 98 valence electrons. The van der Waals surface area contributed by atoms with Crippen LogP contribution in [0.25, 0.3) is 0 Å². The summed E-state index contributed by atoms with van der Waals surface area (Å²) in [5.74, 6) is 0.649. The molecule has 2 rings (SSSR count). The number of amides is 1. The minimum absolute atomic E-state index is 0.0863. The van der Waals surface area contributed by atoms with Crippen molar-refractivity contribution in [2.45, 2.75) is 37.8 Å². The average Bonchev–Trinajstić information content (AvgIpc) is 2.39. The third kappa shape index (κ3) is 3.23. The van der Waals surface area contributed by atoms with Gasteiger partial charge in [0.1, 0.15) is 5.75 Å². The largest absolute Gasteiger partial charge is 0.497 e. The van der Waals surface area contributed by atoms with Crippen LogP contribution in [0.1, 0.15) is 36.0 Å². The Morgan fingerprint density at radius 1 is 1.33 bits per heavy atom. The fourth-order valence-corrected chi connectivity index (χ4v) is 2.31. The highest BCUT2D eigenvalue weighted by Gasteiger charge is 2.21. The van der Waals surface area contributed by atoms with Crippen LogP contribution in [0, 0.1) is 0 Å². The standard InChI is InChI=1S/C14H19NO3/c1-18-13-7-5-10(6-8-13)14(17)15-11-3-2-4-12(16)9-11/h5-8,11-12,16H,2-4,9H2,1H3,(H,15,17)/t11-,12+/m1/s1. The summed E-state index contributed by atoms with van der Waals surface area (Å²) in [6.45, 7) is 0. The van der Waals surface area contributed by atoms with E-state index in [2.05, 4.69) is 5.32 Å². The van der Waals surface area contributed by atoms with E-state index in [1.54, 1.807) is 31.4 Å². The lowest BCUT2D eigenvalue weighted by Gasteiger charge is -2.26. The van der Waals surface area contributed by atoms with Gasteiger partial charge in [-0.3, -0.25) is 4.79 Å². The van der Waals surface area contributed by atoms with E-state index in [0.29, 0.717) is 12.0 Å². The van der Waals surface area contributed by atoms with Gasteiger partial charge in [0.05, 0.1) is 13.2 Å². The van der Waals surface area contributed by atoms with Gasteiger partial charge < -0.3 is 15.2 Å². The smallest absolute Gasteiger partial charge is 0.251 e. The van der Waals surface area contributed by atoms with Gasteiger partial charge in [0, 0.05) is 11.6 Å². The van der Waals surface area contributed by atoms with Gasteiger partial charge in [-0.1, -0.05) is 0 Å². The van der Waals surface area contributed by atoms with Crippen LogP contribution in [0.4, 0.5) is 0 Å². The van der Waals surface area contributed by atoms with Crippen LogP contribution >= 0.6 is 0 Å². The van der Waals surface area contributed by atoms with Crippen molar-refractivity contribution in [3.05, 3.63) is 29.8 Å². The highest BCUT2D eigenvalue weighted by Crippen LogP contribution is 2.19. The number of rotatable bonds is 3. The van der Waals surface area contributed by atoms with Crippen LogP contribution < -0.4 is 10.1 Å². The molecule has 1 aromatic rings. The van der Waals surface area contributed by atoms with E-state index in [1.165, 1.54) is 0 Å². The quantitative estimate of drug-likeness (QED) is 0.857.